The van der Waals surface area contributed by atoms with Gasteiger partial charge in [0.05, 0.1) is 18.1 Å². The second-order valence-electron chi connectivity index (χ2n) is 4.74. The first kappa shape index (κ1) is 9.44. The van der Waals surface area contributed by atoms with Gasteiger partial charge < -0.3 is 5.32 Å². The van der Waals surface area contributed by atoms with Gasteiger partial charge in [-0.25, -0.2) is 9.97 Å². The third-order valence-corrected chi connectivity index (χ3v) is 3.14. The van der Waals surface area contributed by atoms with Crippen LogP contribution in [-0.2, 0) is 0 Å². The highest BCUT2D eigenvalue weighted by atomic mass is 15.0. The van der Waals surface area contributed by atoms with Gasteiger partial charge in [0, 0.05) is 6.04 Å². The molecule has 0 spiro atoms. The highest BCUT2D eigenvalue weighted by Gasteiger charge is 2.38. The smallest absolute Gasteiger partial charge is 0.125 e. The minimum atomic E-state index is 0.422. The van der Waals surface area contributed by atoms with E-state index in [4.69, 9.17) is 0 Å². The molecule has 3 nitrogen and oxygen atoms in total. The molecule has 76 valence electrons. The summed E-state index contributed by atoms with van der Waals surface area (Å²) in [6, 6.07) is 0.578. The van der Waals surface area contributed by atoms with Crippen LogP contribution in [0.2, 0.25) is 0 Å². The number of anilines is 1. The summed E-state index contributed by atoms with van der Waals surface area (Å²) in [5.41, 5.74) is 1.46. The normalized spacial score (nSPS) is 24.1. The molecule has 0 saturated heterocycles. The molecule has 0 radical (unpaired) electrons. The third-order valence-electron chi connectivity index (χ3n) is 3.14. The predicted molar refractivity (Wildman–Crippen MR) is 57.2 cm³/mol. The summed E-state index contributed by atoms with van der Waals surface area (Å²) in [5.74, 6) is 0.823. The zero-order valence-corrected chi connectivity index (χ0v) is 9.04. The van der Waals surface area contributed by atoms with Crippen LogP contribution in [0.3, 0.4) is 0 Å². The number of nitrogens with zero attached hydrogens (tertiary/aromatic N) is 2. The van der Waals surface area contributed by atoms with Crippen LogP contribution in [0.15, 0.2) is 12.4 Å². The van der Waals surface area contributed by atoms with Crippen LogP contribution in [0.4, 0.5) is 5.69 Å². The molecule has 0 aromatic carbocycles. The van der Waals surface area contributed by atoms with E-state index in [1.165, 1.54) is 12.8 Å². The molecule has 14 heavy (non-hydrogen) atoms. The van der Waals surface area contributed by atoms with Crippen LogP contribution >= 0.6 is 0 Å². The highest BCUT2D eigenvalue weighted by Crippen LogP contribution is 2.41. The zero-order chi connectivity index (χ0) is 10.2. The number of rotatable bonds is 2. The van der Waals surface area contributed by atoms with Crippen molar-refractivity contribution < 1.29 is 0 Å². The van der Waals surface area contributed by atoms with E-state index in [9.17, 15) is 0 Å². The predicted octanol–water partition coefficient (Wildman–Crippen LogP) is 2.39. The molecular formula is C11H17N3. The van der Waals surface area contributed by atoms with E-state index in [1.54, 1.807) is 0 Å². The molecule has 1 aliphatic carbocycles. The van der Waals surface area contributed by atoms with Gasteiger partial charge in [-0.1, -0.05) is 13.8 Å². The van der Waals surface area contributed by atoms with Crippen LogP contribution in [0.1, 0.15) is 32.5 Å². The van der Waals surface area contributed by atoms with Crippen LogP contribution in [0, 0.1) is 12.3 Å². The molecule has 1 atom stereocenters. The summed E-state index contributed by atoms with van der Waals surface area (Å²) in [5, 5.41) is 3.47. The standard InChI is InChI=1S/C11H17N3/c1-8-12-6-9(7-13-8)14-10-4-5-11(10,2)3/h6-7,10,14H,4-5H2,1-3H3. The summed E-state index contributed by atoms with van der Waals surface area (Å²) < 4.78 is 0. The van der Waals surface area contributed by atoms with Crippen molar-refractivity contribution in [2.75, 3.05) is 5.32 Å². The molecule has 1 aliphatic rings. The van der Waals surface area contributed by atoms with Crippen molar-refractivity contribution in [2.24, 2.45) is 5.41 Å². The van der Waals surface area contributed by atoms with Gasteiger partial charge in [-0.05, 0) is 25.2 Å². The Kier molecular flexibility index (Phi) is 2.17. The Morgan fingerprint density at radius 3 is 2.43 bits per heavy atom. The molecule has 1 aromatic rings. The molecule has 0 bridgehead atoms. The van der Waals surface area contributed by atoms with Crippen LogP contribution in [-0.4, -0.2) is 16.0 Å². The van der Waals surface area contributed by atoms with Gasteiger partial charge in [0.2, 0.25) is 0 Å². The van der Waals surface area contributed by atoms with Crippen molar-refractivity contribution in [3.05, 3.63) is 18.2 Å². The lowest BCUT2D eigenvalue weighted by Gasteiger charge is -2.45. The van der Waals surface area contributed by atoms with E-state index < -0.39 is 0 Å². The Balaban J connectivity index is 2.01. The molecule has 1 heterocycles. The maximum absolute atomic E-state index is 4.16. The van der Waals surface area contributed by atoms with E-state index in [2.05, 4.69) is 29.1 Å². The zero-order valence-electron chi connectivity index (χ0n) is 9.04. The number of aromatic nitrogens is 2. The number of nitrogens with one attached hydrogen (secondary N) is 1. The van der Waals surface area contributed by atoms with Crippen molar-refractivity contribution in [1.82, 2.24) is 9.97 Å². The molecule has 2 rings (SSSR count). The average molecular weight is 191 g/mol. The minimum Gasteiger partial charge on any atom is -0.379 e. The van der Waals surface area contributed by atoms with Gasteiger partial charge in [-0.2, -0.15) is 0 Å². The van der Waals surface area contributed by atoms with E-state index in [1.807, 2.05) is 19.3 Å². The van der Waals surface area contributed by atoms with E-state index in [-0.39, 0.29) is 0 Å². The fraction of sp³-hybridized carbons (Fsp3) is 0.636. The monoisotopic (exact) mass is 191 g/mol. The quantitative estimate of drug-likeness (QED) is 0.780. The van der Waals surface area contributed by atoms with Crippen LogP contribution in [0.5, 0.6) is 0 Å². The Labute approximate surface area is 85.0 Å². The Bertz CT molecular complexity index is 316. The molecule has 1 saturated carbocycles. The molecular weight excluding hydrogens is 174 g/mol. The summed E-state index contributed by atoms with van der Waals surface area (Å²) in [6.07, 6.45) is 6.27. The molecule has 0 aliphatic heterocycles. The lowest BCUT2D eigenvalue weighted by atomic mass is 9.67. The minimum absolute atomic E-state index is 0.422. The number of hydrogen-bond donors (Lipinski definition) is 1. The SMILES string of the molecule is Cc1ncc(NC2CCC2(C)C)cn1. The summed E-state index contributed by atoms with van der Waals surface area (Å²) >= 11 is 0. The van der Waals surface area contributed by atoms with Crippen molar-refractivity contribution in [1.29, 1.82) is 0 Å². The van der Waals surface area contributed by atoms with Gasteiger partial charge in [-0.15, -0.1) is 0 Å². The van der Waals surface area contributed by atoms with Crippen molar-refractivity contribution in [2.45, 2.75) is 39.7 Å². The lowest BCUT2D eigenvalue weighted by molar-refractivity contribution is 0.160. The Hall–Kier alpha value is -1.12. The van der Waals surface area contributed by atoms with Crippen molar-refractivity contribution in [3.8, 4) is 0 Å². The first-order valence-corrected chi connectivity index (χ1v) is 5.13. The largest absolute Gasteiger partial charge is 0.379 e. The molecule has 0 amide bonds. The van der Waals surface area contributed by atoms with E-state index in [0.717, 1.165) is 11.5 Å². The van der Waals surface area contributed by atoms with Crippen molar-refractivity contribution in [3.63, 3.8) is 0 Å². The van der Waals surface area contributed by atoms with Crippen LogP contribution < -0.4 is 5.32 Å². The summed E-state index contributed by atoms with van der Waals surface area (Å²) in [4.78, 5) is 8.33. The van der Waals surface area contributed by atoms with Gasteiger partial charge in [-0.3, -0.25) is 0 Å². The van der Waals surface area contributed by atoms with Crippen LogP contribution in [0.25, 0.3) is 0 Å². The molecule has 1 unspecified atom stereocenters. The first-order valence-electron chi connectivity index (χ1n) is 5.13. The molecule has 1 aromatic heterocycles. The average Bonchev–Trinajstić information content (AvgIpc) is 2.15. The summed E-state index contributed by atoms with van der Waals surface area (Å²) in [6.45, 7) is 6.49. The second kappa shape index (κ2) is 3.23. The van der Waals surface area contributed by atoms with Gasteiger partial charge >= 0.3 is 0 Å². The topological polar surface area (TPSA) is 37.8 Å². The maximum Gasteiger partial charge on any atom is 0.125 e. The fourth-order valence-corrected chi connectivity index (χ4v) is 1.80. The maximum atomic E-state index is 4.16. The second-order valence-corrected chi connectivity index (χ2v) is 4.74. The fourth-order valence-electron chi connectivity index (χ4n) is 1.80. The number of aryl methyl sites for hydroxylation is 1. The van der Waals surface area contributed by atoms with E-state index >= 15 is 0 Å². The van der Waals surface area contributed by atoms with Gasteiger partial charge in [0.25, 0.3) is 0 Å². The Morgan fingerprint density at radius 1 is 1.36 bits per heavy atom. The van der Waals surface area contributed by atoms with Gasteiger partial charge in [0.15, 0.2) is 0 Å². The number of hydrogen-bond acceptors (Lipinski definition) is 3. The summed E-state index contributed by atoms with van der Waals surface area (Å²) in [7, 11) is 0. The molecule has 3 heteroatoms. The van der Waals surface area contributed by atoms with E-state index in [0.29, 0.717) is 11.5 Å². The third kappa shape index (κ3) is 1.72. The first-order chi connectivity index (χ1) is 6.58. The lowest BCUT2D eigenvalue weighted by Crippen LogP contribution is -2.45. The Morgan fingerprint density at radius 2 is 2.00 bits per heavy atom. The van der Waals surface area contributed by atoms with Gasteiger partial charge in [0.1, 0.15) is 5.82 Å². The molecule has 1 fully saturated rings. The molecule has 1 N–H and O–H groups in total. The van der Waals surface area contributed by atoms with Crippen molar-refractivity contribution >= 4 is 5.69 Å². The highest BCUT2D eigenvalue weighted by molar-refractivity contribution is 5.40.